The molecule has 0 unspecified atom stereocenters. The average Bonchev–Trinajstić information content (AvgIpc) is 2.70. The predicted octanol–water partition coefficient (Wildman–Crippen LogP) is 1.49. The van der Waals surface area contributed by atoms with Crippen LogP contribution >= 0.6 is 11.9 Å². The zero-order valence-corrected chi connectivity index (χ0v) is 16.1. The average molecular weight is 399 g/mol. The summed E-state index contributed by atoms with van der Waals surface area (Å²) in [4.78, 5) is 17.0. The lowest BCUT2D eigenvalue weighted by Crippen LogP contribution is -2.33. The SMILES string of the molecule is NC/C(=C/F)COc1ccc(SN2CCC(CC(=O)NCCO)CC2)cn1. The fourth-order valence-corrected chi connectivity index (χ4v) is 3.61. The number of nitrogens with two attached hydrogens (primary N) is 1. The van der Waals surface area contributed by atoms with Crippen LogP contribution in [0.4, 0.5) is 4.39 Å². The van der Waals surface area contributed by atoms with Crippen molar-refractivity contribution in [2.75, 3.05) is 39.4 Å². The number of rotatable bonds is 10. The Morgan fingerprint density at radius 2 is 2.26 bits per heavy atom. The number of hydrogen-bond donors (Lipinski definition) is 3. The molecule has 4 N–H and O–H groups in total. The molecule has 1 amide bonds. The maximum absolute atomic E-state index is 12.5. The third kappa shape index (κ3) is 7.84. The first-order chi connectivity index (χ1) is 13.1. The molecule has 0 saturated carbocycles. The molecule has 2 heterocycles. The molecule has 0 aliphatic carbocycles. The molecule has 1 saturated heterocycles. The van der Waals surface area contributed by atoms with E-state index in [0.717, 1.165) is 30.8 Å². The number of hydrogen-bond acceptors (Lipinski definition) is 7. The fourth-order valence-electron chi connectivity index (χ4n) is 2.69. The van der Waals surface area contributed by atoms with Crippen LogP contribution in [0.15, 0.2) is 35.1 Å². The van der Waals surface area contributed by atoms with Crippen LogP contribution in [-0.2, 0) is 4.79 Å². The summed E-state index contributed by atoms with van der Waals surface area (Å²) in [6.07, 6.45) is 4.64. The van der Waals surface area contributed by atoms with Crippen LogP contribution in [0.5, 0.6) is 5.88 Å². The Balaban J connectivity index is 1.71. The first-order valence-corrected chi connectivity index (χ1v) is 9.79. The minimum absolute atomic E-state index is 0.00957. The van der Waals surface area contributed by atoms with Gasteiger partial charge in [-0.1, -0.05) is 0 Å². The number of aliphatic hydroxyl groups is 1. The van der Waals surface area contributed by atoms with E-state index < -0.39 is 0 Å². The van der Waals surface area contributed by atoms with Crippen LogP contribution in [0, 0.1) is 5.92 Å². The molecule has 9 heteroatoms. The molecule has 1 aromatic heterocycles. The summed E-state index contributed by atoms with van der Waals surface area (Å²) in [5.74, 6) is 0.824. The summed E-state index contributed by atoms with van der Waals surface area (Å²) in [6.45, 7) is 2.30. The van der Waals surface area contributed by atoms with Crippen molar-refractivity contribution in [1.82, 2.24) is 14.6 Å². The first kappa shape index (κ1) is 21.6. The van der Waals surface area contributed by atoms with E-state index in [1.165, 1.54) is 0 Å². The Morgan fingerprint density at radius 3 is 2.85 bits per heavy atom. The van der Waals surface area contributed by atoms with Crippen LogP contribution in [0.1, 0.15) is 19.3 Å². The number of nitrogens with one attached hydrogen (secondary N) is 1. The van der Waals surface area contributed by atoms with Crippen LogP contribution in [-0.4, -0.2) is 59.7 Å². The van der Waals surface area contributed by atoms with Gasteiger partial charge >= 0.3 is 0 Å². The second-order valence-electron chi connectivity index (χ2n) is 6.33. The van der Waals surface area contributed by atoms with Crippen molar-refractivity contribution in [3.63, 3.8) is 0 Å². The van der Waals surface area contributed by atoms with E-state index in [9.17, 15) is 9.18 Å². The smallest absolute Gasteiger partial charge is 0.220 e. The summed E-state index contributed by atoms with van der Waals surface area (Å²) >= 11 is 1.63. The van der Waals surface area contributed by atoms with Gasteiger partial charge in [-0.05, 0) is 36.8 Å². The summed E-state index contributed by atoms with van der Waals surface area (Å²) in [5.41, 5.74) is 5.76. The highest BCUT2D eigenvalue weighted by molar-refractivity contribution is 7.97. The number of carbonyl (C=O) groups excluding carboxylic acids is 1. The summed E-state index contributed by atoms with van der Waals surface area (Å²) in [5, 5.41) is 11.4. The van der Waals surface area contributed by atoms with Crippen molar-refractivity contribution in [3.8, 4) is 5.88 Å². The predicted molar refractivity (Wildman–Crippen MR) is 103 cm³/mol. The maximum atomic E-state index is 12.5. The van der Waals surface area contributed by atoms with Gasteiger partial charge in [0.2, 0.25) is 11.8 Å². The van der Waals surface area contributed by atoms with Crippen LogP contribution in [0.2, 0.25) is 0 Å². The van der Waals surface area contributed by atoms with Gasteiger partial charge in [0.1, 0.15) is 6.61 Å². The third-order valence-corrected chi connectivity index (χ3v) is 5.32. The zero-order valence-electron chi connectivity index (χ0n) is 15.3. The Morgan fingerprint density at radius 1 is 1.48 bits per heavy atom. The zero-order chi connectivity index (χ0) is 19.5. The quantitative estimate of drug-likeness (QED) is 0.513. The van der Waals surface area contributed by atoms with Crippen molar-refractivity contribution in [2.24, 2.45) is 11.7 Å². The number of halogens is 1. The van der Waals surface area contributed by atoms with Crippen LogP contribution < -0.4 is 15.8 Å². The Hall–Kier alpha value is -1.68. The van der Waals surface area contributed by atoms with Gasteiger partial charge in [0.05, 0.1) is 12.9 Å². The van der Waals surface area contributed by atoms with Gasteiger partial charge in [-0.3, -0.25) is 4.79 Å². The largest absolute Gasteiger partial charge is 0.473 e. The number of ether oxygens (including phenoxy) is 1. The van der Waals surface area contributed by atoms with E-state index in [4.69, 9.17) is 15.6 Å². The number of pyridine rings is 1. The molecule has 1 aromatic rings. The van der Waals surface area contributed by atoms with Crippen LogP contribution in [0.25, 0.3) is 0 Å². The summed E-state index contributed by atoms with van der Waals surface area (Å²) in [6, 6.07) is 3.68. The van der Waals surface area contributed by atoms with Crippen molar-refractivity contribution in [2.45, 2.75) is 24.2 Å². The van der Waals surface area contributed by atoms with E-state index in [0.29, 0.717) is 36.7 Å². The maximum Gasteiger partial charge on any atom is 0.220 e. The van der Waals surface area contributed by atoms with Crippen molar-refractivity contribution in [3.05, 3.63) is 30.2 Å². The standard InChI is InChI=1S/C18H27FN4O3S/c19-10-15(11-20)13-26-18-2-1-16(12-22-18)27-23-6-3-14(4-7-23)9-17(25)21-5-8-24/h1-2,10,12,14,24H,3-9,11,13,20H2,(H,21,25)/b15-10-. The minimum atomic E-state index is -0.0284. The van der Waals surface area contributed by atoms with E-state index >= 15 is 0 Å². The lowest BCUT2D eigenvalue weighted by Gasteiger charge is -2.30. The minimum Gasteiger partial charge on any atom is -0.473 e. The molecule has 0 spiro atoms. The molecule has 0 radical (unpaired) electrons. The molecule has 1 fully saturated rings. The van der Waals surface area contributed by atoms with E-state index in [2.05, 4.69) is 14.6 Å². The fraction of sp³-hybridized carbons (Fsp3) is 0.556. The van der Waals surface area contributed by atoms with Gasteiger partial charge in [-0.25, -0.2) is 13.7 Å². The van der Waals surface area contributed by atoms with Crippen LogP contribution in [0.3, 0.4) is 0 Å². The number of piperidine rings is 1. The van der Waals surface area contributed by atoms with Crippen molar-refractivity contribution >= 4 is 17.9 Å². The Kier molecular flexibility index (Phi) is 9.54. The lowest BCUT2D eigenvalue weighted by molar-refractivity contribution is -0.122. The molecular formula is C18H27FN4O3S. The Bertz CT molecular complexity index is 607. The normalized spacial score (nSPS) is 16.3. The molecule has 7 nitrogen and oxygen atoms in total. The van der Waals surface area contributed by atoms with Gasteiger partial charge in [0.15, 0.2) is 0 Å². The Labute approximate surface area is 163 Å². The molecular weight excluding hydrogens is 371 g/mol. The molecule has 0 bridgehead atoms. The highest BCUT2D eigenvalue weighted by atomic mass is 32.2. The third-order valence-electron chi connectivity index (χ3n) is 4.25. The number of nitrogens with zero attached hydrogens (tertiary/aromatic N) is 2. The van der Waals surface area contributed by atoms with E-state index in [1.807, 2.05) is 6.07 Å². The molecule has 2 rings (SSSR count). The summed E-state index contributed by atoms with van der Waals surface area (Å²) in [7, 11) is 0. The number of amides is 1. The monoisotopic (exact) mass is 398 g/mol. The van der Waals surface area contributed by atoms with E-state index in [1.54, 1.807) is 24.2 Å². The number of carbonyl (C=O) groups is 1. The molecule has 27 heavy (non-hydrogen) atoms. The molecule has 0 aromatic carbocycles. The summed E-state index contributed by atoms with van der Waals surface area (Å²) < 4.78 is 20.1. The highest BCUT2D eigenvalue weighted by Gasteiger charge is 2.22. The van der Waals surface area contributed by atoms with Gasteiger partial charge in [-0.15, -0.1) is 0 Å². The lowest BCUT2D eigenvalue weighted by atomic mass is 9.94. The van der Waals surface area contributed by atoms with Crippen molar-refractivity contribution < 1.29 is 19.0 Å². The number of aromatic nitrogens is 1. The topological polar surface area (TPSA) is 101 Å². The second kappa shape index (κ2) is 11.9. The van der Waals surface area contributed by atoms with Gasteiger partial charge in [-0.2, -0.15) is 0 Å². The molecule has 1 aliphatic heterocycles. The highest BCUT2D eigenvalue weighted by Crippen LogP contribution is 2.29. The van der Waals surface area contributed by atoms with Gasteiger partial charge in [0, 0.05) is 55.3 Å². The molecule has 150 valence electrons. The van der Waals surface area contributed by atoms with Gasteiger partial charge in [0.25, 0.3) is 0 Å². The first-order valence-electron chi connectivity index (χ1n) is 9.02. The number of aliphatic hydroxyl groups excluding tert-OH is 1. The second-order valence-corrected chi connectivity index (χ2v) is 7.50. The molecule has 1 aliphatic rings. The molecule has 0 atom stereocenters. The van der Waals surface area contributed by atoms with Crippen molar-refractivity contribution in [1.29, 1.82) is 0 Å². The van der Waals surface area contributed by atoms with Gasteiger partial charge < -0.3 is 20.9 Å². The van der Waals surface area contributed by atoms with E-state index in [-0.39, 0.29) is 25.7 Å².